The van der Waals surface area contributed by atoms with Gasteiger partial charge in [0.2, 0.25) is 0 Å². The summed E-state index contributed by atoms with van der Waals surface area (Å²) in [5, 5.41) is 0. The number of ether oxygens (including phenoxy) is 5. The molecule has 6 radical (unpaired) electrons. The van der Waals surface area contributed by atoms with Crippen LogP contribution in [0.4, 0.5) is 0 Å². The van der Waals surface area contributed by atoms with E-state index in [1.807, 2.05) is 0 Å². The topological polar surface area (TPSA) is 46.2 Å². The molecule has 5 nitrogen and oxygen atoms in total. The van der Waals surface area contributed by atoms with Gasteiger partial charge >= 0.3 is 0 Å². The lowest BCUT2D eigenvalue weighted by molar-refractivity contribution is -0.000624. The normalized spacial score (nSPS) is 46.4. The zero-order valence-corrected chi connectivity index (χ0v) is 17.5. The molecule has 0 bridgehead atoms. The minimum Gasteiger partial charge on any atom is -0.384 e. The summed E-state index contributed by atoms with van der Waals surface area (Å²) in [6.07, 6.45) is 4.81. The van der Waals surface area contributed by atoms with E-state index in [4.69, 9.17) is 47.2 Å². The highest BCUT2D eigenvalue weighted by atomic mass is 16.5. The first-order valence-corrected chi connectivity index (χ1v) is 10.7. The Bertz CT molecular complexity index is 485. The fourth-order valence-corrected chi connectivity index (χ4v) is 5.51. The van der Waals surface area contributed by atoms with Crippen molar-refractivity contribution >= 4 is 23.5 Å². The Balaban J connectivity index is 1.69. The maximum absolute atomic E-state index is 6.46. The van der Waals surface area contributed by atoms with E-state index in [0.29, 0.717) is 31.0 Å². The van der Waals surface area contributed by atoms with Crippen LogP contribution in [-0.4, -0.2) is 87.3 Å². The van der Waals surface area contributed by atoms with Crippen LogP contribution in [0.2, 0.25) is 0 Å². The zero-order chi connectivity index (χ0) is 20.3. The van der Waals surface area contributed by atoms with Crippen LogP contribution in [0.25, 0.3) is 0 Å². The molecule has 3 aliphatic rings. The molecule has 0 aromatic heterocycles. The number of rotatable bonds is 9. The Morgan fingerprint density at radius 1 is 0.750 bits per heavy atom. The van der Waals surface area contributed by atoms with E-state index < -0.39 is 0 Å². The number of hydrogen-bond donors (Lipinski definition) is 0. The van der Waals surface area contributed by atoms with Crippen molar-refractivity contribution in [2.45, 2.75) is 75.3 Å². The molecule has 10 unspecified atom stereocenters. The van der Waals surface area contributed by atoms with Crippen LogP contribution < -0.4 is 0 Å². The van der Waals surface area contributed by atoms with Gasteiger partial charge < -0.3 is 23.7 Å². The van der Waals surface area contributed by atoms with Gasteiger partial charge in [0, 0.05) is 32.2 Å². The summed E-state index contributed by atoms with van der Waals surface area (Å²) in [6, 6.07) is -0.699. The van der Waals surface area contributed by atoms with Crippen LogP contribution in [0.3, 0.4) is 0 Å². The second kappa shape index (κ2) is 10.3. The summed E-state index contributed by atoms with van der Waals surface area (Å²) in [4.78, 5) is 0. The van der Waals surface area contributed by atoms with E-state index in [1.54, 1.807) is 14.2 Å². The summed E-state index contributed by atoms with van der Waals surface area (Å²) < 4.78 is 28.6. The van der Waals surface area contributed by atoms with Gasteiger partial charge in [0.05, 0.1) is 31.5 Å². The number of hydrogen-bond acceptors (Lipinski definition) is 5. The maximum atomic E-state index is 6.46. The molecule has 8 heteroatoms. The summed E-state index contributed by atoms with van der Waals surface area (Å²) in [5.74, 6) is 1.34. The smallest absolute Gasteiger partial charge is 0.109 e. The molecule has 0 spiro atoms. The predicted molar refractivity (Wildman–Crippen MR) is 110 cm³/mol. The van der Waals surface area contributed by atoms with E-state index in [-0.39, 0.29) is 42.2 Å². The standard InChI is InChI=1S/C20H33B3O5/c1-4-15-13(5-11-7-18(21)26-16(11)9-24-2)14(20(23)28-15)6-12-8-19(22)27-17(12)10-25-3/h11-20H,4-10H2,1-3H3. The van der Waals surface area contributed by atoms with E-state index in [0.717, 1.165) is 32.1 Å². The fraction of sp³-hybridized carbons (Fsp3) is 1.00. The molecule has 3 saturated heterocycles. The third-order valence-corrected chi connectivity index (χ3v) is 6.82. The molecular weight excluding hydrogens is 353 g/mol. The lowest BCUT2D eigenvalue weighted by atomic mass is 9.69. The first-order valence-electron chi connectivity index (χ1n) is 10.7. The Kier molecular flexibility index (Phi) is 8.38. The van der Waals surface area contributed by atoms with Gasteiger partial charge in [-0.05, 0) is 55.8 Å². The van der Waals surface area contributed by atoms with E-state index in [9.17, 15) is 0 Å². The highest BCUT2D eigenvalue weighted by Gasteiger charge is 2.46. The summed E-state index contributed by atoms with van der Waals surface area (Å²) in [6.45, 7) is 3.30. The Labute approximate surface area is 174 Å². The molecule has 0 saturated carbocycles. The van der Waals surface area contributed by atoms with Crippen molar-refractivity contribution in [2.24, 2.45) is 23.7 Å². The average molecular weight is 386 g/mol. The minimum absolute atomic E-state index is 0.0259. The van der Waals surface area contributed by atoms with Crippen molar-refractivity contribution in [2.75, 3.05) is 27.4 Å². The molecule has 0 N–H and O–H groups in total. The molecular formula is C20H33B3O5. The third-order valence-electron chi connectivity index (χ3n) is 6.82. The third kappa shape index (κ3) is 5.18. The van der Waals surface area contributed by atoms with Gasteiger partial charge in [0.25, 0.3) is 0 Å². The van der Waals surface area contributed by atoms with E-state index in [1.165, 1.54) is 0 Å². The van der Waals surface area contributed by atoms with Crippen LogP contribution in [-0.2, 0) is 23.7 Å². The Morgan fingerprint density at radius 2 is 1.25 bits per heavy atom. The van der Waals surface area contributed by atoms with Gasteiger partial charge in [-0.3, -0.25) is 0 Å². The van der Waals surface area contributed by atoms with Crippen LogP contribution in [0.1, 0.15) is 39.0 Å². The Morgan fingerprint density at radius 3 is 1.71 bits per heavy atom. The Hall–Kier alpha value is -0.00519. The second-order valence-corrected chi connectivity index (χ2v) is 8.67. The van der Waals surface area contributed by atoms with Crippen molar-refractivity contribution in [3.63, 3.8) is 0 Å². The van der Waals surface area contributed by atoms with Crippen LogP contribution >= 0.6 is 0 Å². The molecule has 3 heterocycles. The summed E-state index contributed by atoms with van der Waals surface area (Å²) in [5.41, 5.74) is 0. The summed E-state index contributed by atoms with van der Waals surface area (Å²) in [7, 11) is 22.0. The van der Waals surface area contributed by atoms with Crippen molar-refractivity contribution in [1.29, 1.82) is 0 Å². The molecule has 3 aliphatic heterocycles. The largest absolute Gasteiger partial charge is 0.384 e. The predicted octanol–water partition coefficient (Wildman–Crippen LogP) is 1.39. The van der Waals surface area contributed by atoms with Crippen molar-refractivity contribution in [3.05, 3.63) is 0 Å². The SMILES string of the molecule is [B]C1CC(CC2C([B])OC(CC)C2CC2CC([B])OC2COC)C(COC)O1. The summed E-state index contributed by atoms with van der Waals surface area (Å²) >= 11 is 0. The first-order chi connectivity index (χ1) is 13.5. The van der Waals surface area contributed by atoms with Gasteiger partial charge in [-0.1, -0.05) is 6.92 Å². The molecule has 0 aliphatic carbocycles. The molecule has 3 fully saturated rings. The van der Waals surface area contributed by atoms with Gasteiger partial charge in [0.15, 0.2) is 0 Å². The molecule has 3 rings (SSSR count). The molecule has 152 valence electrons. The van der Waals surface area contributed by atoms with E-state index >= 15 is 0 Å². The second-order valence-electron chi connectivity index (χ2n) is 8.67. The van der Waals surface area contributed by atoms with Gasteiger partial charge in [0.1, 0.15) is 23.5 Å². The molecule has 28 heavy (non-hydrogen) atoms. The van der Waals surface area contributed by atoms with Crippen LogP contribution in [0.5, 0.6) is 0 Å². The van der Waals surface area contributed by atoms with Crippen molar-refractivity contribution in [3.8, 4) is 0 Å². The van der Waals surface area contributed by atoms with Crippen molar-refractivity contribution in [1.82, 2.24) is 0 Å². The fourth-order valence-electron chi connectivity index (χ4n) is 5.51. The van der Waals surface area contributed by atoms with Crippen LogP contribution in [0.15, 0.2) is 0 Å². The zero-order valence-electron chi connectivity index (χ0n) is 17.5. The molecule has 0 aromatic rings. The number of methoxy groups -OCH3 is 2. The van der Waals surface area contributed by atoms with Crippen molar-refractivity contribution < 1.29 is 23.7 Å². The molecule has 0 amide bonds. The molecule has 10 atom stereocenters. The average Bonchev–Trinajstić information content (AvgIpc) is 3.27. The minimum atomic E-state index is -0.258. The van der Waals surface area contributed by atoms with Gasteiger partial charge in [-0.2, -0.15) is 0 Å². The highest BCUT2D eigenvalue weighted by Crippen LogP contribution is 2.45. The quantitative estimate of drug-likeness (QED) is 0.561. The lowest BCUT2D eigenvalue weighted by Crippen LogP contribution is -2.32. The highest BCUT2D eigenvalue weighted by molar-refractivity contribution is 6.11. The van der Waals surface area contributed by atoms with E-state index in [2.05, 4.69) is 6.92 Å². The first kappa shape index (κ1) is 22.7. The lowest BCUT2D eigenvalue weighted by Gasteiger charge is -2.30. The molecule has 0 aromatic carbocycles. The monoisotopic (exact) mass is 386 g/mol. The van der Waals surface area contributed by atoms with Gasteiger partial charge in [-0.25, -0.2) is 0 Å². The van der Waals surface area contributed by atoms with Crippen LogP contribution in [0, 0.1) is 23.7 Å². The van der Waals surface area contributed by atoms with Gasteiger partial charge in [-0.15, -0.1) is 0 Å². The maximum Gasteiger partial charge on any atom is 0.109 e.